The predicted octanol–water partition coefficient (Wildman–Crippen LogP) is 3.85. The molecule has 0 radical (unpaired) electrons. The fourth-order valence-electron chi connectivity index (χ4n) is 2.51. The third-order valence-electron chi connectivity index (χ3n) is 3.42. The summed E-state index contributed by atoms with van der Waals surface area (Å²) in [5.41, 5.74) is -3.98. The summed E-state index contributed by atoms with van der Waals surface area (Å²) >= 11 is 0. The van der Waals surface area contributed by atoms with Crippen molar-refractivity contribution < 1.29 is 37.0 Å². The van der Waals surface area contributed by atoms with Crippen LogP contribution in [0.2, 0.25) is 0 Å². The van der Waals surface area contributed by atoms with Crippen LogP contribution in [-0.4, -0.2) is 36.4 Å². The largest absolute Gasteiger partial charge is 0.462 e. The number of amides is 2. The zero-order chi connectivity index (χ0) is 20.6. The summed E-state index contributed by atoms with van der Waals surface area (Å²) < 4.78 is 50.3. The van der Waals surface area contributed by atoms with E-state index in [1.807, 2.05) is 0 Å². The highest BCUT2D eigenvalue weighted by Crippen LogP contribution is 2.43. The monoisotopic (exact) mass is 385 g/mol. The van der Waals surface area contributed by atoms with Crippen LogP contribution in [0.3, 0.4) is 0 Å². The minimum atomic E-state index is -5.16. The van der Waals surface area contributed by atoms with E-state index in [-0.39, 0.29) is 17.9 Å². The van der Waals surface area contributed by atoms with Crippen LogP contribution in [0, 0.1) is 0 Å². The van der Waals surface area contributed by atoms with Crippen LogP contribution in [0.1, 0.15) is 33.3 Å². The van der Waals surface area contributed by atoms with Gasteiger partial charge in [0.25, 0.3) is 5.91 Å². The number of anilines is 1. The first kappa shape index (κ1) is 20.5. The third-order valence-corrected chi connectivity index (χ3v) is 3.42. The summed E-state index contributed by atoms with van der Waals surface area (Å²) in [6.45, 7) is 5.68. The molecule has 2 rings (SSSR count). The second-order valence-corrected chi connectivity index (χ2v) is 6.61. The predicted molar refractivity (Wildman–Crippen MR) is 89.8 cm³/mol. The normalized spacial score (nSPS) is 16.1. The van der Waals surface area contributed by atoms with Crippen molar-refractivity contribution in [2.75, 3.05) is 11.5 Å². The van der Waals surface area contributed by atoms with Gasteiger partial charge in [-0.1, -0.05) is 18.2 Å². The molecule has 27 heavy (non-hydrogen) atoms. The third kappa shape index (κ3) is 4.12. The zero-order valence-corrected chi connectivity index (χ0v) is 15.1. The van der Waals surface area contributed by atoms with E-state index in [9.17, 15) is 27.6 Å². The average Bonchev–Trinajstić information content (AvgIpc) is 2.77. The Kier molecular flexibility index (Phi) is 5.35. The van der Waals surface area contributed by atoms with E-state index in [1.54, 1.807) is 20.8 Å². The minimum Gasteiger partial charge on any atom is -0.462 e. The number of esters is 1. The van der Waals surface area contributed by atoms with Crippen LogP contribution in [0.4, 0.5) is 23.7 Å². The molecule has 0 aromatic heterocycles. The second kappa shape index (κ2) is 7.05. The molecule has 0 N–H and O–H groups in total. The Bertz CT molecular complexity index is 821. The molecule has 1 aromatic carbocycles. The van der Waals surface area contributed by atoms with Crippen molar-refractivity contribution in [1.82, 2.24) is 0 Å². The number of fused-ring (bicyclic) bond motifs is 1. The van der Waals surface area contributed by atoms with Gasteiger partial charge in [-0.05, 0) is 33.8 Å². The van der Waals surface area contributed by atoms with Crippen molar-refractivity contribution >= 4 is 29.2 Å². The van der Waals surface area contributed by atoms with Crippen LogP contribution < -0.4 is 4.90 Å². The van der Waals surface area contributed by atoms with Crippen molar-refractivity contribution in [1.29, 1.82) is 0 Å². The highest BCUT2D eigenvalue weighted by atomic mass is 19.4. The summed E-state index contributed by atoms with van der Waals surface area (Å²) in [7, 11) is 0. The average molecular weight is 385 g/mol. The standard InChI is InChI=1S/C18H18F3NO5/c1-5-26-15(24)13(18(19,20)21)12-10-8-6-7-9-11(10)22(14(12)23)16(25)27-17(2,3)4/h6-9H,5H2,1-4H3/b13-12-. The van der Waals surface area contributed by atoms with Gasteiger partial charge in [0.15, 0.2) is 5.57 Å². The zero-order valence-electron chi connectivity index (χ0n) is 15.1. The molecule has 1 aliphatic rings. The van der Waals surface area contributed by atoms with Crippen LogP contribution in [-0.2, 0) is 19.1 Å². The Morgan fingerprint density at radius 3 is 2.22 bits per heavy atom. The molecule has 6 nitrogen and oxygen atoms in total. The van der Waals surface area contributed by atoms with Gasteiger partial charge in [0.05, 0.1) is 17.9 Å². The van der Waals surface area contributed by atoms with Crippen molar-refractivity contribution in [2.45, 2.75) is 39.5 Å². The Balaban J connectivity index is 2.70. The van der Waals surface area contributed by atoms with Gasteiger partial charge in [-0.25, -0.2) is 14.5 Å². The Morgan fingerprint density at radius 1 is 1.11 bits per heavy atom. The molecular formula is C18H18F3NO5. The summed E-state index contributed by atoms with van der Waals surface area (Å²) in [6.07, 6.45) is -6.30. The van der Waals surface area contributed by atoms with Crippen LogP contribution in [0.15, 0.2) is 29.8 Å². The summed E-state index contributed by atoms with van der Waals surface area (Å²) in [4.78, 5) is 37.6. The Morgan fingerprint density at radius 2 is 1.70 bits per heavy atom. The number of rotatable bonds is 2. The maximum Gasteiger partial charge on any atom is 0.424 e. The van der Waals surface area contributed by atoms with Crippen molar-refractivity contribution in [3.63, 3.8) is 0 Å². The van der Waals surface area contributed by atoms with E-state index in [4.69, 9.17) is 4.74 Å². The first-order chi connectivity index (χ1) is 12.4. The van der Waals surface area contributed by atoms with Gasteiger partial charge in [-0.2, -0.15) is 13.2 Å². The number of nitrogens with zero attached hydrogens (tertiary/aromatic N) is 1. The van der Waals surface area contributed by atoms with Crippen molar-refractivity contribution in [2.24, 2.45) is 0 Å². The number of carbonyl (C=O) groups excluding carboxylic acids is 3. The number of carbonyl (C=O) groups is 3. The Labute approximate surface area is 153 Å². The number of imide groups is 1. The van der Waals surface area contributed by atoms with Gasteiger partial charge in [-0.3, -0.25) is 4.79 Å². The molecule has 0 bridgehead atoms. The lowest BCUT2D eigenvalue weighted by atomic mass is 10.0. The van der Waals surface area contributed by atoms with E-state index in [0.717, 1.165) is 0 Å². The minimum absolute atomic E-state index is 0.0993. The molecule has 146 valence electrons. The van der Waals surface area contributed by atoms with Gasteiger partial charge >= 0.3 is 18.2 Å². The quantitative estimate of drug-likeness (QED) is 0.571. The van der Waals surface area contributed by atoms with Crippen LogP contribution >= 0.6 is 0 Å². The van der Waals surface area contributed by atoms with Gasteiger partial charge in [0.1, 0.15) is 5.60 Å². The smallest absolute Gasteiger partial charge is 0.424 e. The molecule has 0 unspecified atom stereocenters. The van der Waals surface area contributed by atoms with Gasteiger partial charge in [0, 0.05) is 5.56 Å². The number of para-hydroxylation sites is 1. The molecule has 0 spiro atoms. The molecule has 1 heterocycles. The molecule has 0 saturated carbocycles. The van der Waals surface area contributed by atoms with E-state index in [1.165, 1.54) is 31.2 Å². The molecule has 9 heteroatoms. The number of halogens is 3. The number of hydrogen-bond donors (Lipinski definition) is 0. The number of benzene rings is 1. The Hall–Kier alpha value is -2.84. The first-order valence-electron chi connectivity index (χ1n) is 8.04. The highest BCUT2D eigenvalue weighted by molar-refractivity contribution is 6.41. The van der Waals surface area contributed by atoms with Gasteiger partial charge in [-0.15, -0.1) is 0 Å². The second-order valence-electron chi connectivity index (χ2n) is 6.61. The molecule has 2 amide bonds. The first-order valence-corrected chi connectivity index (χ1v) is 8.04. The maximum absolute atomic E-state index is 13.6. The number of ether oxygens (including phenoxy) is 2. The van der Waals surface area contributed by atoms with E-state index in [0.29, 0.717) is 4.90 Å². The number of hydrogen-bond acceptors (Lipinski definition) is 5. The lowest BCUT2D eigenvalue weighted by Gasteiger charge is -2.23. The maximum atomic E-state index is 13.6. The van der Waals surface area contributed by atoms with E-state index < -0.39 is 40.9 Å². The van der Waals surface area contributed by atoms with E-state index in [2.05, 4.69) is 4.74 Å². The number of alkyl halides is 3. The summed E-state index contributed by atoms with van der Waals surface area (Å²) in [5, 5.41) is 0. The molecular weight excluding hydrogens is 367 g/mol. The van der Waals surface area contributed by atoms with Gasteiger partial charge in [0.2, 0.25) is 0 Å². The molecule has 1 aliphatic heterocycles. The van der Waals surface area contributed by atoms with Crippen LogP contribution in [0.25, 0.3) is 5.57 Å². The van der Waals surface area contributed by atoms with Crippen molar-refractivity contribution in [3.05, 3.63) is 35.4 Å². The fraction of sp³-hybridized carbons (Fsp3) is 0.389. The summed E-state index contributed by atoms with van der Waals surface area (Å²) in [5.74, 6) is -2.99. The van der Waals surface area contributed by atoms with E-state index >= 15 is 0 Å². The lowest BCUT2D eigenvalue weighted by Crippen LogP contribution is -2.39. The fourth-order valence-corrected chi connectivity index (χ4v) is 2.51. The topological polar surface area (TPSA) is 72.9 Å². The molecule has 0 saturated heterocycles. The molecule has 1 aromatic rings. The summed E-state index contributed by atoms with van der Waals surface area (Å²) in [6, 6.07) is 5.36. The molecule has 0 aliphatic carbocycles. The lowest BCUT2D eigenvalue weighted by molar-refractivity contribution is -0.150. The highest BCUT2D eigenvalue weighted by Gasteiger charge is 2.49. The molecule has 0 fully saturated rings. The SMILES string of the molecule is CCOC(=O)/C(=C1/C(=O)N(C(=O)OC(C)(C)C)c2ccccc21)C(F)(F)F. The van der Waals surface area contributed by atoms with Crippen LogP contribution in [0.5, 0.6) is 0 Å². The molecule has 0 atom stereocenters. The van der Waals surface area contributed by atoms with Crippen molar-refractivity contribution in [3.8, 4) is 0 Å². The van der Waals surface area contributed by atoms with Gasteiger partial charge < -0.3 is 9.47 Å².